The van der Waals surface area contributed by atoms with Gasteiger partial charge in [0, 0.05) is 5.92 Å². The lowest BCUT2D eigenvalue weighted by atomic mass is 10.0. The number of alkyl halides is 8. The van der Waals surface area contributed by atoms with Gasteiger partial charge >= 0.3 is 18.3 Å². The second kappa shape index (κ2) is 5.98. The third-order valence-electron chi connectivity index (χ3n) is 3.56. The standard InChI is InChI=1S/C14H10Cl2F6O2/c1-2-24-11(23)10-9(12(10,15)16)6-3-7(13(17,18)19)5-8(4-6)14(20,21)22/h3-5,9-10H,2H2,1H3/t9-,10+/m1/s1. The smallest absolute Gasteiger partial charge is 0.416 e. The fourth-order valence-electron chi connectivity index (χ4n) is 2.43. The van der Waals surface area contributed by atoms with Gasteiger partial charge in [0.2, 0.25) is 0 Å². The molecule has 0 bridgehead atoms. The van der Waals surface area contributed by atoms with Crippen molar-refractivity contribution in [2.24, 2.45) is 5.92 Å². The molecule has 2 atom stereocenters. The zero-order valence-corrected chi connectivity index (χ0v) is 13.4. The van der Waals surface area contributed by atoms with Gasteiger partial charge in [0.1, 0.15) is 10.3 Å². The molecular weight excluding hydrogens is 385 g/mol. The summed E-state index contributed by atoms with van der Waals surface area (Å²) >= 11 is 11.7. The van der Waals surface area contributed by atoms with Gasteiger partial charge < -0.3 is 4.74 Å². The Morgan fingerprint density at radius 3 is 1.92 bits per heavy atom. The second-order valence-electron chi connectivity index (χ2n) is 5.22. The molecule has 0 heterocycles. The van der Waals surface area contributed by atoms with Gasteiger partial charge in [0.25, 0.3) is 0 Å². The van der Waals surface area contributed by atoms with Crippen molar-refractivity contribution < 1.29 is 35.9 Å². The van der Waals surface area contributed by atoms with Gasteiger partial charge in [-0.2, -0.15) is 26.3 Å². The number of carbonyl (C=O) groups excluding carboxylic acids is 1. The highest BCUT2D eigenvalue weighted by Crippen LogP contribution is 2.65. The van der Waals surface area contributed by atoms with Crippen molar-refractivity contribution in [1.82, 2.24) is 0 Å². The summed E-state index contributed by atoms with van der Waals surface area (Å²) in [7, 11) is 0. The van der Waals surface area contributed by atoms with Crippen LogP contribution in [0.5, 0.6) is 0 Å². The van der Waals surface area contributed by atoms with Crippen LogP contribution in [0.1, 0.15) is 29.5 Å². The van der Waals surface area contributed by atoms with Crippen molar-refractivity contribution in [3.8, 4) is 0 Å². The first kappa shape index (κ1) is 19.2. The Bertz CT molecular complexity index is 621. The van der Waals surface area contributed by atoms with Crippen molar-refractivity contribution in [3.05, 3.63) is 34.9 Å². The van der Waals surface area contributed by atoms with E-state index in [0.717, 1.165) is 0 Å². The van der Waals surface area contributed by atoms with Crippen LogP contribution >= 0.6 is 23.2 Å². The molecule has 1 aromatic carbocycles. The van der Waals surface area contributed by atoms with Gasteiger partial charge in [-0.1, -0.05) is 23.2 Å². The first-order valence-electron chi connectivity index (χ1n) is 6.64. The largest absolute Gasteiger partial charge is 0.466 e. The Labute approximate surface area is 142 Å². The molecule has 1 saturated carbocycles. The summed E-state index contributed by atoms with van der Waals surface area (Å²) in [6, 6.07) is 1.02. The number of hydrogen-bond donors (Lipinski definition) is 0. The van der Waals surface area contributed by atoms with Crippen molar-refractivity contribution >= 4 is 29.2 Å². The van der Waals surface area contributed by atoms with E-state index >= 15 is 0 Å². The summed E-state index contributed by atoms with van der Waals surface area (Å²) in [5.41, 5.74) is -3.41. The minimum absolute atomic E-state index is 0.00457. The number of rotatable bonds is 3. The molecule has 2 nitrogen and oxygen atoms in total. The van der Waals surface area contributed by atoms with E-state index < -0.39 is 51.2 Å². The average Bonchev–Trinajstić information content (AvgIpc) is 2.99. The third kappa shape index (κ3) is 3.59. The lowest BCUT2D eigenvalue weighted by Crippen LogP contribution is -2.12. The van der Waals surface area contributed by atoms with Crippen molar-refractivity contribution in [2.45, 2.75) is 29.5 Å². The summed E-state index contributed by atoms with van der Waals surface area (Å²) in [4.78, 5) is 11.7. The van der Waals surface area contributed by atoms with Crippen molar-refractivity contribution in [1.29, 1.82) is 0 Å². The Morgan fingerprint density at radius 1 is 1.08 bits per heavy atom. The number of benzene rings is 1. The summed E-state index contributed by atoms with van der Waals surface area (Å²) in [5, 5.41) is 0. The molecule has 2 rings (SSSR count). The molecule has 0 N–H and O–H groups in total. The van der Waals surface area contributed by atoms with E-state index in [2.05, 4.69) is 0 Å². The monoisotopic (exact) mass is 394 g/mol. The molecule has 10 heteroatoms. The molecule has 134 valence electrons. The highest BCUT2D eigenvalue weighted by atomic mass is 35.5. The second-order valence-corrected chi connectivity index (χ2v) is 6.67. The first-order chi connectivity index (χ1) is 10.8. The highest BCUT2D eigenvalue weighted by Gasteiger charge is 2.68. The predicted molar refractivity (Wildman–Crippen MR) is 73.7 cm³/mol. The Kier molecular flexibility index (Phi) is 4.78. The Hall–Kier alpha value is -1.15. The van der Waals surface area contributed by atoms with Gasteiger partial charge in [-0.05, 0) is 30.7 Å². The quantitative estimate of drug-likeness (QED) is 0.401. The Balaban J connectivity index is 2.49. The van der Waals surface area contributed by atoms with Crippen molar-refractivity contribution in [2.75, 3.05) is 6.61 Å². The first-order valence-corrected chi connectivity index (χ1v) is 7.39. The molecule has 0 saturated heterocycles. The summed E-state index contributed by atoms with van der Waals surface area (Å²) in [6.07, 6.45) is -9.99. The number of hydrogen-bond acceptors (Lipinski definition) is 2. The average molecular weight is 395 g/mol. The molecule has 24 heavy (non-hydrogen) atoms. The maximum Gasteiger partial charge on any atom is 0.416 e. The van der Waals surface area contributed by atoms with Gasteiger partial charge in [0.15, 0.2) is 0 Å². The number of halogens is 8. The zero-order valence-electron chi connectivity index (χ0n) is 11.9. The third-order valence-corrected chi connectivity index (χ3v) is 4.50. The zero-order chi connectivity index (χ0) is 18.5. The van der Waals surface area contributed by atoms with Crippen LogP contribution < -0.4 is 0 Å². The van der Waals surface area contributed by atoms with E-state index in [0.29, 0.717) is 12.1 Å². The van der Waals surface area contributed by atoms with E-state index in [-0.39, 0.29) is 12.7 Å². The lowest BCUT2D eigenvalue weighted by molar-refractivity contribution is -0.145. The van der Waals surface area contributed by atoms with Crippen LogP contribution in [0, 0.1) is 5.92 Å². The van der Waals surface area contributed by atoms with Crippen LogP contribution in [0.25, 0.3) is 0 Å². The topological polar surface area (TPSA) is 26.3 Å². The molecule has 0 amide bonds. The number of carbonyl (C=O) groups is 1. The van der Waals surface area contributed by atoms with Crippen LogP contribution in [-0.2, 0) is 21.9 Å². The fraction of sp³-hybridized carbons (Fsp3) is 0.500. The van der Waals surface area contributed by atoms with E-state index in [9.17, 15) is 31.1 Å². The lowest BCUT2D eigenvalue weighted by Gasteiger charge is -2.14. The molecule has 1 aromatic rings. The van der Waals surface area contributed by atoms with Crippen LogP contribution in [0.2, 0.25) is 0 Å². The van der Waals surface area contributed by atoms with E-state index in [4.69, 9.17) is 27.9 Å². The fourth-order valence-corrected chi connectivity index (χ4v) is 3.23. The molecular formula is C14H10Cl2F6O2. The predicted octanol–water partition coefficient (Wildman–Crippen LogP) is 5.17. The molecule has 1 aliphatic carbocycles. The maximum atomic E-state index is 12.9. The SMILES string of the molecule is CCOC(=O)[C@@H]1[C@@H](c2cc(C(F)(F)F)cc(C(F)(F)F)c2)C1(Cl)Cl. The highest BCUT2D eigenvalue weighted by molar-refractivity contribution is 6.53. The van der Waals surface area contributed by atoms with Crippen molar-refractivity contribution in [3.63, 3.8) is 0 Å². The minimum Gasteiger partial charge on any atom is -0.466 e. The number of esters is 1. The normalized spacial score (nSPS) is 23.0. The summed E-state index contributed by atoms with van der Waals surface area (Å²) < 4.78 is 80.1. The molecule has 0 aromatic heterocycles. The molecule has 0 aliphatic heterocycles. The van der Waals surface area contributed by atoms with E-state index in [1.807, 2.05) is 0 Å². The summed E-state index contributed by atoms with van der Waals surface area (Å²) in [6.45, 7) is 1.47. The molecule has 1 aliphatic rings. The summed E-state index contributed by atoms with van der Waals surface area (Å²) in [5.74, 6) is -3.33. The number of ether oxygens (including phenoxy) is 1. The van der Waals surface area contributed by atoms with Gasteiger partial charge in [-0.3, -0.25) is 4.79 Å². The molecule has 0 radical (unpaired) electrons. The van der Waals surface area contributed by atoms with Crippen LogP contribution in [0.4, 0.5) is 26.3 Å². The van der Waals surface area contributed by atoms with E-state index in [1.165, 1.54) is 6.92 Å². The van der Waals surface area contributed by atoms with Crippen LogP contribution in [0.15, 0.2) is 18.2 Å². The van der Waals surface area contributed by atoms with Gasteiger partial charge in [-0.25, -0.2) is 0 Å². The van der Waals surface area contributed by atoms with Gasteiger partial charge in [-0.15, -0.1) is 0 Å². The van der Waals surface area contributed by atoms with Gasteiger partial charge in [0.05, 0.1) is 17.7 Å². The minimum atomic E-state index is -4.99. The van der Waals surface area contributed by atoms with Crippen LogP contribution in [-0.4, -0.2) is 16.9 Å². The van der Waals surface area contributed by atoms with E-state index in [1.54, 1.807) is 0 Å². The van der Waals surface area contributed by atoms with Crippen LogP contribution in [0.3, 0.4) is 0 Å². The molecule has 0 spiro atoms. The maximum absolute atomic E-state index is 12.9. The Morgan fingerprint density at radius 2 is 1.54 bits per heavy atom. The molecule has 0 unspecified atom stereocenters. The molecule has 1 fully saturated rings.